The molecule has 0 unspecified atom stereocenters. The molecule has 0 aromatic heterocycles. The van der Waals surface area contributed by atoms with Crippen LogP contribution >= 0.6 is 11.6 Å². The van der Waals surface area contributed by atoms with Crippen LogP contribution in [0.4, 0.5) is 16.2 Å². The van der Waals surface area contributed by atoms with Gasteiger partial charge in [0, 0.05) is 42.6 Å². The standard InChI is InChI=1S/C21H26ClN3O2/c1-15(2)27-19-8-6-18(7-9-19)24-10-12-25(13-11-24)21(26)23-20-14-17(22)5-4-16(20)3/h4-9,14-15H,10-13H2,1-3H3,(H,23,26). The van der Waals surface area contributed by atoms with E-state index in [1.54, 1.807) is 6.07 Å². The van der Waals surface area contributed by atoms with Crippen molar-refractivity contribution in [3.63, 3.8) is 0 Å². The largest absolute Gasteiger partial charge is 0.491 e. The van der Waals surface area contributed by atoms with E-state index in [0.29, 0.717) is 18.1 Å². The van der Waals surface area contributed by atoms with Gasteiger partial charge in [-0.2, -0.15) is 0 Å². The number of halogens is 1. The molecule has 144 valence electrons. The van der Waals surface area contributed by atoms with Crippen molar-refractivity contribution >= 4 is 29.0 Å². The van der Waals surface area contributed by atoms with E-state index in [9.17, 15) is 4.79 Å². The van der Waals surface area contributed by atoms with Crippen LogP contribution in [0.1, 0.15) is 19.4 Å². The highest BCUT2D eigenvalue weighted by Crippen LogP contribution is 2.23. The molecule has 3 rings (SSSR count). The molecule has 0 radical (unpaired) electrons. The van der Waals surface area contributed by atoms with E-state index in [0.717, 1.165) is 35.8 Å². The maximum Gasteiger partial charge on any atom is 0.321 e. The maximum absolute atomic E-state index is 12.6. The Morgan fingerprint density at radius 3 is 2.37 bits per heavy atom. The Morgan fingerprint density at radius 2 is 1.74 bits per heavy atom. The second-order valence-corrected chi connectivity index (χ2v) is 7.46. The van der Waals surface area contributed by atoms with Gasteiger partial charge in [0.25, 0.3) is 0 Å². The summed E-state index contributed by atoms with van der Waals surface area (Å²) in [7, 11) is 0. The van der Waals surface area contributed by atoms with Gasteiger partial charge in [0.15, 0.2) is 0 Å². The Bertz CT molecular complexity index is 785. The summed E-state index contributed by atoms with van der Waals surface area (Å²) < 4.78 is 5.69. The van der Waals surface area contributed by atoms with E-state index in [-0.39, 0.29) is 12.1 Å². The number of aryl methyl sites for hydroxylation is 1. The van der Waals surface area contributed by atoms with Gasteiger partial charge in [-0.25, -0.2) is 4.79 Å². The minimum Gasteiger partial charge on any atom is -0.491 e. The summed E-state index contributed by atoms with van der Waals surface area (Å²) in [4.78, 5) is 16.7. The molecule has 6 heteroatoms. The van der Waals surface area contributed by atoms with Crippen molar-refractivity contribution in [1.82, 2.24) is 4.90 Å². The Hall–Kier alpha value is -2.40. The first-order valence-corrected chi connectivity index (χ1v) is 9.64. The van der Waals surface area contributed by atoms with E-state index < -0.39 is 0 Å². The molecule has 27 heavy (non-hydrogen) atoms. The third kappa shape index (κ3) is 5.07. The predicted octanol–water partition coefficient (Wildman–Crippen LogP) is 4.79. The molecule has 0 aliphatic carbocycles. The molecule has 2 aromatic rings. The fourth-order valence-corrected chi connectivity index (χ4v) is 3.27. The predicted molar refractivity (Wildman–Crippen MR) is 111 cm³/mol. The van der Waals surface area contributed by atoms with Crippen molar-refractivity contribution in [3.05, 3.63) is 53.1 Å². The SMILES string of the molecule is Cc1ccc(Cl)cc1NC(=O)N1CCN(c2ccc(OC(C)C)cc2)CC1. The summed E-state index contributed by atoms with van der Waals surface area (Å²) in [6, 6.07) is 13.6. The number of piperazine rings is 1. The molecule has 0 saturated carbocycles. The first kappa shape index (κ1) is 19.4. The molecule has 0 bridgehead atoms. The fourth-order valence-electron chi connectivity index (χ4n) is 3.10. The van der Waals surface area contributed by atoms with E-state index in [4.69, 9.17) is 16.3 Å². The third-order valence-corrected chi connectivity index (χ3v) is 4.82. The molecule has 1 N–H and O–H groups in total. The molecule has 2 amide bonds. The van der Waals surface area contributed by atoms with E-state index in [2.05, 4.69) is 22.3 Å². The maximum atomic E-state index is 12.6. The summed E-state index contributed by atoms with van der Waals surface area (Å²) in [6.07, 6.45) is 0.168. The summed E-state index contributed by atoms with van der Waals surface area (Å²) >= 11 is 6.03. The van der Waals surface area contributed by atoms with E-state index in [1.165, 1.54) is 0 Å². The molecule has 1 aliphatic heterocycles. The average Bonchev–Trinajstić information content (AvgIpc) is 2.65. The number of rotatable bonds is 4. The monoisotopic (exact) mass is 387 g/mol. The van der Waals surface area contributed by atoms with Gasteiger partial charge in [0.2, 0.25) is 0 Å². The highest BCUT2D eigenvalue weighted by molar-refractivity contribution is 6.31. The Labute approximate surface area is 165 Å². The molecule has 2 aromatic carbocycles. The normalized spacial score (nSPS) is 14.4. The number of anilines is 2. The number of carbonyl (C=O) groups is 1. The van der Waals surface area contributed by atoms with Gasteiger partial charge in [0.05, 0.1) is 6.10 Å². The van der Waals surface area contributed by atoms with Gasteiger partial charge in [-0.1, -0.05) is 17.7 Å². The van der Waals surface area contributed by atoms with Gasteiger partial charge < -0.3 is 19.9 Å². The quantitative estimate of drug-likeness (QED) is 0.820. The van der Waals surface area contributed by atoms with Crippen LogP contribution in [0.5, 0.6) is 5.75 Å². The number of amides is 2. The van der Waals surface area contributed by atoms with Crippen molar-refractivity contribution in [1.29, 1.82) is 0 Å². The number of carbonyl (C=O) groups excluding carboxylic acids is 1. The van der Waals surface area contributed by atoms with Crippen LogP contribution in [0.2, 0.25) is 5.02 Å². The summed E-state index contributed by atoms with van der Waals surface area (Å²) in [5.41, 5.74) is 2.91. The topological polar surface area (TPSA) is 44.8 Å². The number of ether oxygens (including phenoxy) is 1. The van der Waals surface area contributed by atoms with Gasteiger partial charge in [0.1, 0.15) is 5.75 Å². The van der Waals surface area contributed by atoms with Gasteiger partial charge >= 0.3 is 6.03 Å². The molecule has 5 nitrogen and oxygen atoms in total. The van der Waals surface area contributed by atoms with E-state index >= 15 is 0 Å². The first-order valence-electron chi connectivity index (χ1n) is 9.26. The van der Waals surface area contributed by atoms with Crippen molar-refractivity contribution < 1.29 is 9.53 Å². The summed E-state index contributed by atoms with van der Waals surface area (Å²) in [5, 5.41) is 3.58. The number of hydrogen-bond donors (Lipinski definition) is 1. The van der Waals surface area contributed by atoms with Crippen LogP contribution in [-0.4, -0.2) is 43.2 Å². The molecule has 1 aliphatic rings. The summed E-state index contributed by atoms with van der Waals surface area (Å²) in [6.45, 7) is 8.94. The lowest BCUT2D eigenvalue weighted by atomic mass is 10.2. The van der Waals surface area contributed by atoms with Crippen molar-refractivity contribution in [2.24, 2.45) is 0 Å². The van der Waals surface area contributed by atoms with E-state index in [1.807, 2.05) is 49.9 Å². The number of nitrogens with one attached hydrogen (secondary N) is 1. The molecule has 1 fully saturated rings. The number of urea groups is 1. The smallest absolute Gasteiger partial charge is 0.321 e. The summed E-state index contributed by atoms with van der Waals surface area (Å²) in [5.74, 6) is 0.878. The van der Waals surface area contributed by atoms with Crippen LogP contribution in [-0.2, 0) is 0 Å². The Morgan fingerprint density at radius 1 is 1.07 bits per heavy atom. The van der Waals surface area contributed by atoms with Crippen molar-refractivity contribution in [2.45, 2.75) is 26.9 Å². The minimum absolute atomic E-state index is 0.0827. The zero-order chi connectivity index (χ0) is 19.4. The number of benzene rings is 2. The van der Waals surface area contributed by atoms with Crippen LogP contribution < -0.4 is 15.0 Å². The lowest BCUT2D eigenvalue weighted by Crippen LogP contribution is -2.50. The van der Waals surface area contributed by atoms with Crippen LogP contribution in [0.25, 0.3) is 0 Å². The van der Waals surface area contributed by atoms with Crippen LogP contribution in [0, 0.1) is 6.92 Å². The zero-order valence-corrected chi connectivity index (χ0v) is 16.8. The Balaban J connectivity index is 1.55. The lowest BCUT2D eigenvalue weighted by molar-refractivity contribution is 0.208. The highest BCUT2D eigenvalue weighted by atomic mass is 35.5. The molecule has 1 heterocycles. The molecular formula is C21H26ClN3O2. The van der Waals surface area contributed by atoms with Gasteiger partial charge in [-0.05, 0) is 62.7 Å². The first-order chi connectivity index (χ1) is 12.9. The Kier molecular flexibility index (Phi) is 6.11. The molecule has 1 saturated heterocycles. The highest BCUT2D eigenvalue weighted by Gasteiger charge is 2.21. The zero-order valence-electron chi connectivity index (χ0n) is 16.0. The van der Waals surface area contributed by atoms with Gasteiger partial charge in [-0.15, -0.1) is 0 Å². The second-order valence-electron chi connectivity index (χ2n) is 7.02. The van der Waals surface area contributed by atoms with Crippen LogP contribution in [0.15, 0.2) is 42.5 Å². The third-order valence-electron chi connectivity index (χ3n) is 4.58. The average molecular weight is 388 g/mol. The second kappa shape index (κ2) is 8.53. The van der Waals surface area contributed by atoms with Crippen molar-refractivity contribution in [2.75, 3.05) is 36.4 Å². The van der Waals surface area contributed by atoms with Gasteiger partial charge in [-0.3, -0.25) is 0 Å². The van der Waals surface area contributed by atoms with Crippen LogP contribution in [0.3, 0.4) is 0 Å². The fraction of sp³-hybridized carbons (Fsp3) is 0.381. The minimum atomic E-state index is -0.0827. The molecule has 0 atom stereocenters. The number of hydrogen-bond acceptors (Lipinski definition) is 3. The molecular weight excluding hydrogens is 362 g/mol. The number of nitrogens with zero attached hydrogens (tertiary/aromatic N) is 2. The lowest BCUT2D eigenvalue weighted by Gasteiger charge is -2.36. The molecule has 0 spiro atoms. The van der Waals surface area contributed by atoms with Crippen molar-refractivity contribution in [3.8, 4) is 5.75 Å².